The summed E-state index contributed by atoms with van der Waals surface area (Å²) in [4.78, 5) is 0. The van der Waals surface area contributed by atoms with Gasteiger partial charge in [0.15, 0.2) is 0 Å². The number of hydrogen-bond acceptors (Lipinski definition) is 1. The van der Waals surface area contributed by atoms with Crippen LogP contribution in [0.15, 0.2) is 42.5 Å². The topological polar surface area (TPSA) is 12.0 Å². The molecule has 0 heterocycles. The molecule has 0 aliphatic carbocycles. The fraction of sp³-hybridized carbons (Fsp3) is 0.143. The molecule has 18 heavy (non-hydrogen) atoms. The molecule has 1 nitrogen and oxygen atoms in total. The third-order valence-electron chi connectivity index (χ3n) is 2.67. The van der Waals surface area contributed by atoms with Crippen LogP contribution in [0.3, 0.4) is 0 Å². The molecule has 1 atom stereocenters. The van der Waals surface area contributed by atoms with E-state index in [1.807, 2.05) is 31.2 Å². The first kappa shape index (κ1) is 13.2. The average molecular weight is 284 g/mol. The van der Waals surface area contributed by atoms with E-state index in [2.05, 4.69) is 5.32 Å². The molecular formula is C14H12Cl2FN. The number of benzene rings is 2. The highest BCUT2D eigenvalue weighted by atomic mass is 35.5. The fourth-order valence-corrected chi connectivity index (χ4v) is 1.96. The molecule has 2 rings (SSSR count). The second kappa shape index (κ2) is 5.59. The maximum Gasteiger partial charge on any atom is 0.147 e. The van der Waals surface area contributed by atoms with Gasteiger partial charge >= 0.3 is 0 Å². The monoisotopic (exact) mass is 283 g/mol. The van der Waals surface area contributed by atoms with Crippen molar-refractivity contribution < 1.29 is 4.39 Å². The zero-order valence-electron chi connectivity index (χ0n) is 9.75. The highest BCUT2D eigenvalue weighted by Crippen LogP contribution is 2.24. The lowest BCUT2D eigenvalue weighted by atomic mass is 10.1. The second-order valence-electron chi connectivity index (χ2n) is 4.04. The summed E-state index contributed by atoms with van der Waals surface area (Å²) in [5.41, 5.74) is 1.47. The molecule has 4 heteroatoms. The van der Waals surface area contributed by atoms with Gasteiger partial charge in [0.2, 0.25) is 0 Å². The van der Waals surface area contributed by atoms with Crippen molar-refractivity contribution >= 4 is 28.9 Å². The van der Waals surface area contributed by atoms with Gasteiger partial charge < -0.3 is 5.32 Å². The first-order chi connectivity index (χ1) is 8.56. The van der Waals surface area contributed by atoms with Crippen LogP contribution in [0.1, 0.15) is 18.5 Å². The van der Waals surface area contributed by atoms with Crippen LogP contribution in [-0.4, -0.2) is 0 Å². The Morgan fingerprint density at radius 3 is 2.22 bits per heavy atom. The summed E-state index contributed by atoms with van der Waals surface area (Å²) in [5.74, 6) is -0.358. The van der Waals surface area contributed by atoms with Crippen molar-refractivity contribution in [3.8, 4) is 0 Å². The van der Waals surface area contributed by atoms with Crippen LogP contribution in [0.5, 0.6) is 0 Å². The fourth-order valence-electron chi connectivity index (χ4n) is 1.67. The zero-order valence-corrected chi connectivity index (χ0v) is 11.3. The number of rotatable bonds is 3. The Balaban J connectivity index is 2.15. The number of halogens is 3. The lowest BCUT2D eigenvalue weighted by molar-refractivity contribution is 0.627. The molecule has 0 aliphatic rings. The van der Waals surface area contributed by atoms with Gasteiger partial charge in [-0.05, 0) is 42.8 Å². The molecule has 0 spiro atoms. The molecule has 2 aromatic rings. The minimum Gasteiger partial charge on any atom is -0.376 e. The van der Waals surface area contributed by atoms with Crippen LogP contribution in [0, 0.1) is 5.82 Å². The van der Waals surface area contributed by atoms with Crippen LogP contribution in [-0.2, 0) is 0 Å². The van der Waals surface area contributed by atoms with Gasteiger partial charge in [0.1, 0.15) is 5.82 Å². The lowest BCUT2D eigenvalue weighted by Crippen LogP contribution is -2.07. The smallest absolute Gasteiger partial charge is 0.147 e. The highest BCUT2D eigenvalue weighted by Gasteiger charge is 2.08. The largest absolute Gasteiger partial charge is 0.376 e. The van der Waals surface area contributed by atoms with E-state index in [0.29, 0.717) is 15.7 Å². The van der Waals surface area contributed by atoms with Gasteiger partial charge in [-0.2, -0.15) is 0 Å². The third kappa shape index (κ3) is 3.15. The van der Waals surface area contributed by atoms with Gasteiger partial charge in [0.25, 0.3) is 0 Å². The van der Waals surface area contributed by atoms with Gasteiger partial charge in [-0.25, -0.2) is 4.39 Å². The van der Waals surface area contributed by atoms with Crippen molar-refractivity contribution in [2.45, 2.75) is 13.0 Å². The molecular weight excluding hydrogens is 272 g/mol. The molecule has 1 unspecified atom stereocenters. The average Bonchev–Trinajstić information content (AvgIpc) is 2.33. The number of hydrogen-bond donors (Lipinski definition) is 1. The third-order valence-corrected chi connectivity index (χ3v) is 3.16. The first-order valence-corrected chi connectivity index (χ1v) is 6.29. The van der Waals surface area contributed by atoms with Crippen LogP contribution in [0.4, 0.5) is 10.1 Å². The zero-order chi connectivity index (χ0) is 13.1. The highest BCUT2D eigenvalue weighted by molar-refractivity contribution is 6.30. The van der Waals surface area contributed by atoms with Crippen molar-refractivity contribution in [2.75, 3.05) is 5.32 Å². The van der Waals surface area contributed by atoms with Gasteiger partial charge in [0, 0.05) is 16.1 Å². The van der Waals surface area contributed by atoms with Gasteiger partial charge in [0.05, 0.1) is 5.69 Å². The van der Waals surface area contributed by atoms with Crippen molar-refractivity contribution in [3.63, 3.8) is 0 Å². The quantitative estimate of drug-likeness (QED) is 0.805. The van der Waals surface area contributed by atoms with Gasteiger partial charge in [-0.3, -0.25) is 0 Å². The normalized spacial score (nSPS) is 12.2. The SMILES string of the molecule is CC(Nc1ccc(Cl)cc1F)c1ccc(Cl)cc1. The summed E-state index contributed by atoms with van der Waals surface area (Å²) >= 11 is 11.5. The maximum atomic E-state index is 13.6. The molecule has 0 aromatic heterocycles. The van der Waals surface area contributed by atoms with E-state index in [0.717, 1.165) is 5.56 Å². The number of nitrogens with one attached hydrogen (secondary N) is 1. The second-order valence-corrected chi connectivity index (χ2v) is 4.91. The Morgan fingerprint density at radius 1 is 1.00 bits per heavy atom. The summed E-state index contributed by atoms with van der Waals surface area (Å²) in [7, 11) is 0. The van der Waals surface area contributed by atoms with E-state index in [4.69, 9.17) is 23.2 Å². The Bertz CT molecular complexity index is 540. The lowest BCUT2D eigenvalue weighted by Gasteiger charge is -2.16. The van der Waals surface area contributed by atoms with E-state index in [1.54, 1.807) is 12.1 Å². The molecule has 0 fully saturated rings. The molecule has 0 aliphatic heterocycles. The molecule has 0 radical (unpaired) electrons. The van der Waals surface area contributed by atoms with Gasteiger partial charge in [-0.1, -0.05) is 35.3 Å². The maximum absolute atomic E-state index is 13.6. The molecule has 0 saturated heterocycles. The van der Waals surface area contributed by atoms with Crippen molar-refractivity contribution in [1.82, 2.24) is 0 Å². The van der Waals surface area contributed by atoms with Crippen LogP contribution in [0.25, 0.3) is 0 Å². The molecule has 0 amide bonds. The summed E-state index contributed by atoms with van der Waals surface area (Å²) in [6.45, 7) is 1.96. The Morgan fingerprint density at radius 2 is 1.61 bits per heavy atom. The minimum absolute atomic E-state index is 0.0158. The van der Waals surface area contributed by atoms with E-state index in [1.165, 1.54) is 6.07 Å². The molecule has 0 bridgehead atoms. The first-order valence-electron chi connectivity index (χ1n) is 5.53. The van der Waals surface area contributed by atoms with Crippen molar-refractivity contribution in [3.05, 3.63) is 63.9 Å². The molecule has 94 valence electrons. The minimum atomic E-state index is -0.358. The summed E-state index contributed by atoms with van der Waals surface area (Å²) in [5, 5.41) is 4.17. The Hall–Kier alpha value is -1.25. The van der Waals surface area contributed by atoms with E-state index in [-0.39, 0.29) is 11.9 Å². The Kier molecular flexibility index (Phi) is 4.10. The summed E-state index contributed by atoms with van der Waals surface area (Å²) in [6.07, 6.45) is 0. The van der Waals surface area contributed by atoms with Crippen molar-refractivity contribution in [2.24, 2.45) is 0 Å². The standard InChI is InChI=1S/C14H12Cl2FN/c1-9(10-2-4-11(15)5-3-10)18-14-7-6-12(16)8-13(14)17/h2-9,18H,1H3. The summed E-state index contributed by atoms with van der Waals surface area (Å²) in [6, 6.07) is 12.0. The van der Waals surface area contributed by atoms with Crippen LogP contribution in [0.2, 0.25) is 10.0 Å². The molecule has 1 N–H and O–H groups in total. The van der Waals surface area contributed by atoms with E-state index in [9.17, 15) is 4.39 Å². The number of anilines is 1. The van der Waals surface area contributed by atoms with Crippen molar-refractivity contribution in [1.29, 1.82) is 0 Å². The van der Waals surface area contributed by atoms with E-state index < -0.39 is 0 Å². The van der Waals surface area contributed by atoms with Gasteiger partial charge in [-0.15, -0.1) is 0 Å². The predicted octanol–water partition coefficient (Wildman–Crippen LogP) is 5.31. The van der Waals surface area contributed by atoms with E-state index >= 15 is 0 Å². The molecule has 2 aromatic carbocycles. The summed E-state index contributed by atoms with van der Waals surface area (Å²) < 4.78 is 13.6. The Labute approximate surface area is 116 Å². The molecule has 0 saturated carbocycles. The van der Waals surface area contributed by atoms with Crippen LogP contribution < -0.4 is 5.32 Å². The predicted molar refractivity (Wildman–Crippen MR) is 74.9 cm³/mol. The van der Waals surface area contributed by atoms with Crippen LogP contribution >= 0.6 is 23.2 Å².